The summed E-state index contributed by atoms with van der Waals surface area (Å²) in [4.78, 5) is 1.45. The number of morpholine rings is 1. The third-order valence-corrected chi connectivity index (χ3v) is 1.64. The molecule has 1 rings (SSSR count). The molecule has 1 heterocycles. The van der Waals surface area contributed by atoms with Crippen molar-refractivity contribution in [2.45, 2.75) is 6.10 Å². The minimum absolute atomic E-state index is 0.429. The molecule has 0 amide bonds. The van der Waals surface area contributed by atoms with Crippen LogP contribution >= 0.6 is 0 Å². The first-order valence-electron chi connectivity index (χ1n) is 3.90. The second-order valence-corrected chi connectivity index (χ2v) is 3.11. The molecule has 1 fully saturated rings. The number of quaternary nitrogens is 1. The fourth-order valence-electron chi connectivity index (χ4n) is 1.21. The number of hydrogen-bond donors (Lipinski definition) is 2. The van der Waals surface area contributed by atoms with Gasteiger partial charge in [0, 0.05) is 13.1 Å². The van der Waals surface area contributed by atoms with Gasteiger partial charge in [-0.05, 0) is 0 Å². The van der Waals surface area contributed by atoms with E-state index < -0.39 is 0 Å². The average molecular weight is 145 g/mol. The van der Waals surface area contributed by atoms with Crippen molar-refractivity contribution in [2.24, 2.45) is 0 Å². The molecule has 0 bridgehead atoms. The molecule has 0 aromatic rings. The van der Waals surface area contributed by atoms with Gasteiger partial charge in [0.15, 0.2) is 0 Å². The first-order chi connectivity index (χ1) is 4.79. The molecule has 1 atom stereocenters. The molecule has 0 aromatic heterocycles. The van der Waals surface area contributed by atoms with E-state index in [4.69, 9.17) is 4.74 Å². The van der Waals surface area contributed by atoms with Crippen molar-refractivity contribution in [1.29, 1.82) is 0 Å². The van der Waals surface area contributed by atoms with E-state index in [1.807, 2.05) is 0 Å². The summed E-state index contributed by atoms with van der Waals surface area (Å²) >= 11 is 0. The standard InChI is InChI=1S/C7H16N2O/c1-9(2)6-7-5-8-3-4-10-7/h7-8H,3-6H2,1-2H3/p+1/t7-/m1/s1. The Morgan fingerprint density at radius 3 is 2.90 bits per heavy atom. The van der Waals surface area contributed by atoms with E-state index in [-0.39, 0.29) is 0 Å². The molecular weight excluding hydrogens is 128 g/mol. The van der Waals surface area contributed by atoms with E-state index in [0.29, 0.717) is 6.10 Å². The van der Waals surface area contributed by atoms with Crippen LogP contribution in [-0.2, 0) is 4.74 Å². The lowest BCUT2D eigenvalue weighted by Crippen LogP contribution is -3.07. The molecular formula is C7H17N2O+. The van der Waals surface area contributed by atoms with Gasteiger partial charge in [0.05, 0.1) is 20.7 Å². The molecule has 3 nitrogen and oxygen atoms in total. The summed E-state index contributed by atoms with van der Waals surface area (Å²) in [6, 6.07) is 0. The summed E-state index contributed by atoms with van der Waals surface area (Å²) in [5, 5.41) is 3.30. The van der Waals surface area contributed by atoms with Crippen molar-refractivity contribution < 1.29 is 9.64 Å². The van der Waals surface area contributed by atoms with Gasteiger partial charge in [-0.15, -0.1) is 0 Å². The van der Waals surface area contributed by atoms with Gasteiger partial charge in [0.1, 0.15) is 12.6 Å². The van der Waals surface area contributed by atoms with Gasteiger partial charge in [0.2, 0.25) is 0 Å². The molecule has 1 saturated heterocycles. The molecule has 60 valence electrons. The van der Waals surface area contributed by atoms with Gasteiger partial charge >= 0.3 is 0 Å². The van der Waals surface area contributed by atoms with Crippen LogP contribution in [0.1, 0.15) is 0 Å². The van der Waals surface area contributed by atoms with E-state index >= 15 is 0 Å². The number of rotatable bonds is 2. The normalized spacial score (nSPS) is 27.3. The zero-order valence-corrected chi connectivity index (χ0v) is 6.81. The summed E-state index contributed by atoms with van der Waals surface area (Å²) in [7, 11) is 4.30. The Balaban J connectivity index is 2.13. The van der Waals surface area contributed by atoms with Gasteiger partial charge in [0.25, 0.3) is 0 Å². The van der Waals surface area contributed by atoms with Gasteiger partial charge in [-0.3, -0.25) is 0 Å². The van der Waals surface area contributed by atoms with Gasteiger partial charge < -0.3 is 15.0 Å². The fourth-order valence-corrected chi connectivity index (χ4v) is 1.21. The van der Waals surface area contributed by atoms with E-state index in [9.17, 15) is 0 Å². The van der Waals surface area contributed by atoms with E-state index in [2.05, 4.69) is 19.4 Å². The van der Waals surface area contributed by atoms with Crippen molar-refractivity contribution in [3.05, 3.63) is 0 Å². The smallest absolute Gasteiger partial charge is 0.119 e. The van der Waals surface area contributed by atoms with Crippen LogP contribution in [0.4, 0.5) is 0 Å². The molecule has 0 spiro atoms. The summed E-state index contributed by atoms with van der Waals surface area (Å²) in [5.74, 6) is 0. The highest BCUT2D eigenvalue weighted by Crippen LogP contribution is 1.91. The molecule has 0 aromatic carbocycles. The number of hydrogen-bond acceptors (Lipinski definition) is 2. The van der Waals surface area contributed by atoms with Crippen LogP contribution in [0.2, 0.25) is 0 Å². The van der Waals surface area contributed by atoms with Gasteiger partial charge in [-0.2, -0.15) is 0 Å². The average Bonchev–Trinajstić information content (AvgIpc) is 1.88. The first-order valence-corrected chi connectivity index (χ1v) is 3.90. The highest BCUT2D eigenvalue weighted by Gasteiger charge is 2.15. The summed E-state index contributed by atoms with van der Waals surface area (Å²) in [6.07, 6.45) is 0.429. The summed E-state index contributed by atoms with van der Waals surface area (Å²) in [5.41, 5.74) is 0. The first kappa shape index (κ1) is 7.98. The lowest BCUT2D eigenvalue weighted by Gasteiger charge is -2.24. The Labute approximate surface area is 62.3 Å². The molecule has 2 N–H and O–H groups in total. The second kappa shape index (κ2) is 3.91. The van der Waals surface area contributed by atoms with Crippen LogP contribution in [-0.4, -0.2) is 46.4 Å². The van der Waals surface area contributed by atoms with Crippen LogP contribution in [0.3, 0.4) is 0 Å². The van der Waals surface area contributed by atoms with Crippen molar-refractivity contribution in [2.75, 3.05) is 40.3 Å². The van der Waals surface area contributed by atoms with Crippen LogP contribution in [0.5, 0.6) is 0 Å². The SMILES string of the molecule is C[NH+](C)C[C@H]1CNCCO1. The fraction of sp³-hybridized carbons (Fsp3) is 1.00. The lowest BCUT2D eigenvalue weighted by atomic mass is 10.3. The van der Waals surface area contributed by atoms with E-state index in [0.717, 1.165) is 26.2 Å². The highest BCUT2D eigenvalue weighted by atomic mass is 16.5. The van der Waals surface area contributed by atoms with Crippen molar-refractivity contribution in [1.82, 2.24) is 5.32 Å². The zero-order valence-electron chi connectivity index (χ0n) is 6.81. The second-order valence-electron chi connectivity index (χ2n) is 3.11. The van der Waals surface area contributed by atoms with Crippen LogP contribution in [0.25, 0.3) is 0 Å². The Morgan fingerprint density at radius 2 is 2.40 bits per heavy atom. The third-order valence-electron chi connectivity index (χ3n) is 1.64. The molecule has 0 radical (unpaired) electrons. The monoisotopic (exact) mass is 145 g/mol. The minimum Gasteiger partial charge on any atom is -0.370 e. The zero-order chi connectivity index (χ0) is 7.40. The summed E-state index contributed by atoms with van der Waals surface area (Å²) in [6.45, 7) is 4.01. The molecule has 1 aliphatic rings. The van der Waals surface area contributed by atoms with Gasteiger partial charge in [-0.1, -0.05) is 0 Å². The Morgan fingerprint density at radius 1 is 1.60 bits per heavy atom. The Hall–Kier alpha value is -0.120. The molecule has 0 unspecified atom stereocenters. The maximum absolute atomic E-state index is 5.51. The molecule has 0 saturated carbocycles. The highest BCUT2D eigenvalue weighted by molar-refractivity contribution is 4.64. The lowest BCUT2D eigenvalue weighted by molar-refractivity contribution is -0.861. The largest absolute Gasteiger partial charge is 0.370 e. The van der Waals surface area contributed by atoms with E-state index in [1.165, 1.54) is 4.90 Å². The topological polar surface area (TPSA) is 25.7 Å². The maximum Gasteiger partial charge on any atom is 0.119 e. The Bertz CT molecular complexity index is 89.6. The van der Waals surface area contributed by atoms with Crippen LogP contribution in [0.15, 0.2) is 0 Å². The molecule has 3 heteroatoms. The molecule has 10 heavy (non-hydrogen) atoms. The quantitative estimate of drug-likeness (QED) is 0.475. The molecule has 1 aliphatic heterocycles. The van der Waals surface area contributed by atoms with Crippen LogP contribution in [0, 0.1) is 0 Å². The third kappa shape index (κ3) is 2.64. The van der Waals surface area contributed by atoms with E-state index in [1.54, 1.807) is 0 Å². The number of likely N-dealkylation sites (N-methyl/N-ethyl adjacent to an activating group) is 1. The maximum atomic E-state index is 5.51. The van der Waals surface area contributed by atoms with Gasteiger partial charge in [-0.25, -0.2) is 0 Å². The summed E-state index contributed by atoms with van der Waals surface area (Å²) < 4.78 is 5.51. The minimum atomic E-state index is 0.429. The van der Waals surface area contributed by atoms with Crippen molar-refractivity contribution in [3.8, 4) is 0 Å². The van der Waals surface area contributed by atoms with Crippen LogP contribution < -0.4 is 10.2 Å². The predicted molar refractivity (Wildman–Crippen MR) is 40.3 cm³/mol. The number of ether oxygens (including phenoxy) is 1. The molecule has 0 aliphatic carbocycles. The Kier molecular flexibility index (Phi) is 3.12. The van der Waals surface area contributed by atoms with Crippen molar-refractivity contribution in [3.63, 3.8) is 0 Å². The van der Waals surface area contributed by atoms with Crippen molar-refractivity contribution >= 4 is 0 Å². The predicted octanol–water partition coefficient (Wildman–Crippen LogP) is -1.88. The number of nitrogens with one attached hydrogen (secondary N) is 2.